The van der Waals surface area contributed by atoms with Crippen LogP contribution < -0.4 is 47.9 Å². The summed E-state index contributed by atoms with van der Waals surface area (Å²) in [6.07, 6.45) is 0. The molecule has 0 spiro atoms. The average Bonchev–Trinajstić information content (AvgIpc) is 3.32. The third-order valence-corrected chi connectivity index (χ3v) is 13.4. The molecule has 0 saturated heterocycles. The van der Waals surface area contributed by atoms with Crippen molar-refractivity contribution in [1.82, 2.24) is 9.97 Å². The second-order valence-corrected chi connectivity index (χ2v) is 16.5. The van der Waals surface area contributed by atoms with Crippen molar-refractivity contribution in [1.29, 1.82) is 0 Å². The Bertz CT molecular complexity index is 3440. The van der Waals surface area contributed by atoms with E-state index in [0.717, 1.165) is 39.1 Å². The Balaban J connectivity index is 1.12. The van der Waals surface area contributed by atoms with Crippen molar-refractivity contribution in [3.8, 4) is 22.3 Å². The van der Waals surface area contributed by atoms with Crippen molar-refractivity contribution in [3.05, 3.63) is 194 Å². The summed E-state index contributed by atoms with van der Waals surface area (Å²) in [5, 5.41) is 4.05. The Hall–Kier alpha value is -7.89. The van der Waals surface area contributed by atoms with Crippen molar-refractivity contribution in [2.45, 2.75) is 0 Å². The molecule has 0 saturated carbocycles. The van der Waals surface area contributed by atoms with Gasteiger partial charge in [0, 0.05) is 50.9 Å². The molecular formula is C54H33B2N5. The van der Waals surface area contributed by atoms with Gasteiger partial charge in [0.2, 0.25) is 0 Å². The van der Waals surface area contributed by atoms with Gasteiger partial charge in [-0.25, -0.2) is 9.97 Å². The van der Waals surface area contributed by atoms with E-state index < -0.39 is 0 Å². The molecule has 0 unspecified atom stereocenters. The van der Waals surface area contributed by atoms with Gasteiger partial charge in [0.25, 0.3) is 13.4 Å². The van der Waals surface area contributed by atoms with Crippen LogP contribution in [0, 0.1) is 0 Å². The van der Waals surface area contributed by atoms with Gasteiger partial charge < -0.3 is 15.1 Å². The SMILES string of the molecule is c1ccc(-c2cccc(-c3ccccc3)c2N2c3ccccc3B3c4ccccc4N4c5ccccc5B5c6cc7nc8ccccc8nc7cc6Nc6cc2c3c4c65)cc1. The Morgan fingerprint density at radius 2 is 0.820 bits per heavy atom. The predicted octanol–water partition coefficient (Wildman–Crippen LogP) is 9.09. The smallest absolute Gasteiger partial charge is 0.252 e. The second-order valence-electron chi connectivity index (χ2n) is 16.5. The van der Waals surface area contributed by atoms with Gasteiger partial charge in [-0.3, -0.25) is 0 Å². The maximum atomic E-state index is 5.17. The van der Waals surface area contributed by atoms with Crippen LogP contribution >= 0.6 is 0 Å². The summed E-state index contributed by atoms with van der Waals surface area (Å²) in [6, 6.07) is 70.9. The minimum atomic E-state index is -0.0234. The minimum Gasteiger partial charge on any atom is -0.356 e. The van der Waals surface area contributed by atoms with Crippen LogP contribution in [-0.4, -0.2) is 23.4 Å². The highest BCUT2D eigenvalue weighted by Gasteiger charge is 2.50. The summed E-state index contributed by atoms with van der Waals surface area (Å²) in [5.74, 6) is 0. The van der Waals surface area contributed by atoms with Gasteiger partial charge in [0.05, 0.1) is 27.8 Å². The van der Waals surface area contributed by atoms with Crippen molar-refractivity contribution in [2.75, 3.05) is 15.1 Å². The molecule has 0 aliphatic carbocycles. The molecule has 1 N–H and O–H groups in total. The van der Waals surface area contributed by atoms with E-state index in [4.69, 9.17) is 9.97 Å². The molecular weight excluding hydrogens is 740 g/mol. The van der Waals surface area contributed by atoms with Crippen LogP contribution in [0.4, 0.5) is 45.5 Å². The predicted molar refractivity (Wildman–Crippen MR) is 256 cm³/mol. The summed E-state index contributed by atoms with van der Waals surface area (Å²) in [4.78, 5) is 15.5. The van der Waals surface area contributed by atoms with Crippen LogP contribution in [0.5, 0.6) is 0 Å². The molecule has 5 nitrogen and oxygen atoms in total. The highest BCUT2D eigenvalue weighted by atomic mass is 15.2. The Labute approximate surface area is 353 Å². The zero-order valence-electron chi connectivity index (χ0n) is 32.9. The zero-order chi connectivity index (χ0) is 39.8. The molecule has 0 fully saturated rings. The number of fused-ring (bicyclic) bond motifs is 12. The number of anilines is 8. The number of hydrogen-bond donors (Lipinski definition) is 1. The van der Waals surface area contributed by atoms with E-state index in [2.05, 4.69) is 191 Å². The number of para-hydroxylation sites is 6. The van der Waals surface area contributed by atoms with Crippen molar-refractivity contribution in [3.63, 3.8) is 0 Å². The second kappa shape index (κ2) is 12.3. The van der Waals surface area contributed by atoms with Gasteiger partial charge in [-0.15, -0.1) is 0 Å². The van der Waals surface area contributed by atoms with E-state index in [-0.39, 0.29) is 13.4 Å². The third kappa shape index (κ3) is 4.52. The normalized spacial score (nSPS) is 13.6. The van der Waals surface area contributed by atoms with E-state index in [0.29, 0.717) is 0 Å². The van der Waals surface area contributed by atoms with E-state index in [1.165, 1.54) is 83.5 Å². The molecule has 280 valence electrons. The molecule has 14 rings (SSSR count). The van der Waals surface area contributed by atoms with Crippen LogP contribution in [0.15, 0.2) is 194 Å². The van der Waals surface area contributed by atoms with E-state index >= 15 is 0 Å². The number of benzene rings is 9. The Kier molecular flexibility index (Phi) is 6.66. The lowest BCUT2D eigenvalue weighted by Crippen LogP contribution is -2.68. The molecule has 61 heavy (non-hydrogen) atoms. The number of nitrogens with one attached hydrogen (secondary N) is 1. The highest BCUT2D eigenvalue weighted by molar-refractivity contribution is 7.04. The first-order chi connectivity index (χ1) is 30.3. The first-order valence-corrected chi connectivity index (χ1v) is 21.1. The van der Waals surface area contributed by atoms with Crippen LogP contribution in [0.2, 0.25) is 0 Å². The summed E-state index contributed by atoms with van der Waals surface area (Å²) in [7, 11) is 0. The monoisotopic (exact) mass is 773 g/mol. The summed E-state index contributed by atoms with van der Waals surface area (Å²) in [5.41, 5.74) is 25.5. The van der Waals surface area contributed by atoms with Gasteiger partial charge in [0.15, 0.2) is 0 Å². The molecule has 5 heterocycles. The number of aromatic nitrogens is 2. The molecule has 9 aromatic carbocycles. The summed E-state index contributed by atoms with van der Waals surface area (Å²) < 4.78 is 0. The lowest BCUT2D eigenvalue weighted by Gasteiger charge is -2.49. The lowest BCUT2D eigenvalue weighted by molar-refractivity contribution is 1.26. The van der Waals surface area contributed by atoms with Crippen molar-refractivity contribution in [2.24, 2.45) is 0 Å². The van der Waals surface area contributed by atoms with Gasteiger partial charge in [0.1, 0.15) is 0 Å². The van der Waals surface area contributed by atoms with Crippen LogP contribution in [0.3, 0.4) is 0 Å². The quantitative estimate of drug-likeness (QED) is 0.144. The van der Waals surface area contributed by atoms with Crippen LogP contribution in [0.25, 0.3) is 44.3 Å². The van der Waals surface area contributed by atoms with Crippen molar-refractivity contribution < 1.29 is 0 Å². The lowest BCUT2D eigenvalue weighted by atomic mass is 9.29. The fourth-order valence-electron chi connectivity index (χ4n) is 11.0. The molecule has 0 amide bonds. The molecule has 7 heteroatoms. The van der Waals surface area contributed by atoms with Gasteiger partial charge in [-0.2, -0.15) is 0 Å². The molecule has 4 aliphatic heterocycles. The van der Waals surface area contributed by atoms with E-state index in [1.807, 2.05) is 18.2 Å². The third-order valence-electron chi connectivity index (χ3n) is 13.4. The Morgan fingerprint density at radius 3 is 1.39 bits per heavy atom. The van der Waals surface area contributed by atoms with Crippen molar-refractivity contribution >= 4 is 114 Å². The molecule has 0 atom stereocenters. The Morgan fingerprint density at radius 1 is 0.344 bits per heavy atom. The van der Waals surface area contributed by atoms with Gasteiger partial charge in [-0.05, 0) is 92.4 Å². The molecule has 10 aromatic rings. The van der Waals surface area contributed by atoms with Crippen LogP contribution in [-0.2, 0) is 0 Å². The first-order valence-electron chi connectivity index (χ1n) is 21.1. The summed E-state index contributed by atoms with van der Waals surface area (Å²) >= 11 is 0. The number of hydrogen-bond acceptors (Lipinski definition) is 5. The van der Waals surface area contributed by atoms with Gasteiger partial charge >= 0.3 is 0 Å². The molecule has 1 aromatic heterocycles. The molecule has 4 aliphatic rings. The molecule has 0 radical (unpaired) electrons. The maximum Gasteiger partial charge on any atom is 0.252 e. The van der Waals surface area contributed by atoms with E-state index in [1.54, 1.807) is 0 Å². The topological polar surface area (TPSA) is 44.3 Å². The highest BCUT2D eigenvalue weighted by Crippen LogP contribution is 2.51. The number of nitrogens with zero attached hydrogens (tertiary/aromatic N) is 4. The minimum absolute atomic E-state index is 0.0143. The average molecular weight is 774 g/mol. The number of rotatable bonds is 3. The molecule has 0 bridgehead atoms. The first kappa shape index (κ1) is 33.0. The maximum absolute atomic E-state index is 5.17. The van der Waals surface area contributed by atoms with E-state index in [9.17, 15) is 0 Å². The fraction of sp³-hybridized carbons (Fsp3) is 0. The standard InChI is InChI=1S/C54H33B2N5/c1-3-16-33(17-4-1)35-20-15-21-36(34-18-5-2-6-19-34)53(35)61-49-29-14-8-23-38(49)55-37-22-7-12-27-47(37)60-48-28-13-9-24-39(48)56-40-30-44-45(58-42-26-11-10-25-41(42)57-44)31-43(40)59-46-32-50(61)52(55)54(60)51(46)56/h1-32,59H. The zero-order valence-corrected chi connectivity index (χ0v) is 32.9. The largest absolute Gasteiger partial charge is 0.356 e. The fourth-order valence-corrected chi connectivity index (χ4v) is 11.0. The van der Waals surface area contributed by atoms with Gasteiger partial charge in [-0.1, -0.05) is 146 Å². The summed E-state index contributed by atoms with van der Waals surface area (Å²) in [6.45, 7) is -0.00917. The van der Waals surface area contributed by atoms with Crippen LogP contribution in [0.1, 0.15) is 0 Å².